The van der Waals surface area contributed by atoms with Gasteiger partial charge in [-0.25, -0.2) is 0 Å². The number of carbonyl (C=O) groups is 1. The Hall–Kier alpha value is -0.570. The van der Waals surface area contributed by atoms with Gasteiger partial charge in [-0.2, -0.15) is 0 Å². The zero-order valence-corrected chi connectivity index (χ0v) is 10.7. The van der Waals surface area contributed by atoms with Crippen LogP contribution in [-0.2, 0) is 4.79 Å². The Labute approximate surface area is 98.6 Å². The van der Waals surface area contributed by atoms with Gasteiger partial charge in [-0.05, 0) is 31.6 Å². The van der Waals surface area contributed by atoms with Crippen LogP contribution in [0.25, 0.3) is 0 Å². The molecule has 1 aliphatic heterocycles. The molecule has 0 radical (unpaired) electrons. The number of nitrogens with one attached hydrogen (secondary N) is 1. The first kappa shape index (κ1) is 11.9. The average Bonchev–Trinajstić information content (AvgIpc) is 2.84. The first-order valence-corrected chi connectivity index (χ1v) is 6.66. The topological polar surface area (TPSA) is 32.3 Å². The molecule has 1 aliphatic carbocycles. The molecule has 0 aromatic heterocycles. The second-order valence-electron chi connectivity index (χ2n) is 5.66. The molecule has 3 nitrogen and oxygen atoms in total. The van der Waals surface area contributed by atoms with Crippen LogP contribution in [0.3, 0.4) is 0 Å². The van der Waals surface area contributed by atoms with E-state index < -0.39 is 0 Å². The van der Waals surface area contributed by atoms with Crippen LogP contribution in [0.1, 0.15) is 46.5 Å². The van der Waals surface area contributed by atoms with Crippen LogP contribution in [0.15, 0.2) is 0 Å². The van der Waals surface area contributed by atoms with Gasteiger partial charge in [0, 0.05) is 6.04 Å². The molecular formula is C13H24N2O. The van der Waals surface area contributed by atoms with Crippen LogP contribution < -0.4 is 5.32 Å². The number of amides is 1. The Morgan fingerprint density at radius 3 is 2.44 bits per heavy atom. The molecule has 2 aliphatic rings. The lowest BCUT2D eigenvalue weighted by molar-refractivity contribution is -0.131. The molecule has 1 amide bonds. The van der Waals surface area contributed by atoms with Crippen LogP contribution in [0, 0.1) is 11.8 Å². The molecule has 16 heavy (non-hydrogen) atoms. The summed E-state index contributed by atoms with van der Waals surface area (Å²) in [6, 6.07) is 0.414. The van der Waals surface area contributed by atoms with Crippen molar-refractivity contribution in [2.75, 3.05) is 6.54 Å². The smallest absolute Gasteiger partial charge is 0.238 e. The average molecular weight is 224 g/mol. The monoisotopic (exact) mass is 224 g/mol. The van der Waals surface area contributed by atoms with Crippen molar-refractivity contribution in [1.29, 1.82) is 0 Å². The minimum Gasteiger partial charge on any atom is -0.323 e. The molecule has 0 aromatic carbocycles. The third-order valence-corrected chi connectivity index (χ3v) is 4.20. The molecular weight excluding hydrogens is 200 g/mol. The van der Waals surface area contributed by atoms with Crippen LogP contribution in [0.5, 0.6) is 0 Å². The van der Waals surface area contributed by atoms with E-state index in [1.54, 1.807) is 0 Å². The number of hydrogen-bond acceptors (Lipinski definition) is 2. The van der Waals surface area contributed by atoms with Crippen LogP contribution in [0.4, 0.5) is 0 Å². The van der Waals surface area contributed by atoms with Crippen LogP contribution >= 0.6 is 0 Å². The first-order chi connectivity index (χ1) is 7.61. The van der Waals surface area contributed by atoms with E-state index in [0.717, 1.165) is 5.92 Å². The zero-order chi connectivity index (χ0) is 11.7. The van der Waals surface area contributed by atoms with E-state index in [0.29, 0.717) is 18.5 Å². The largest absolute Gasteiger partial charge is 0.323 e. The maximum atomic E-state index is 12.0. The molecule has 92 valence electrons. The molecule has 2 fully saturated rings. The lowest BCUT2D eigenvalue weighted by Gasteiger charge is -2.36. The summed E-state index contributed by atoms with van der Waals surface area (Å²) in [5.74, 6) is 1.51. The summed E-state index contributed by atoms with van der Waals surface area (Å²) in [5.41, 5.74) is 0. The van der Waals surface area contributed by atoms with Crippen molar-refractivity contribution in [3.8, 4) is 0 Å². The number of nitrogens with zero attached hydrogens (tertiary/aromatic N) is 1. The van der Waals surface area contributed by atoms with E-state index in [4.69, 9.17) is 0 Å². The van der Waals surface area contributed by atoms with Gasteiger partial charge in [0.2, 0.25) is 5.91 Å². The van der Waals surface area contributed by atoms with Crippen molar-refractivity contribution >= 4 is 5.91 Å². The van der Waals surface area contributed by atoms with Gasteiger partial charge in [0.25, 0.3) is 0 Å². The number of hydrogen-bond donors (Lipinski definition) is 1. The maximum absolute atomic E-state index is 12.0. The summed E-state index contributed by atoms with van der Waals surface area (Å²) >= 11 is 0. The lowest BCUT2D eigenvalue weighted by Crippen LogP contribution is -2.48. The van der Waals surface area contributed by atoms with Gasteiger partial charge in [-0.3, -0.25) is 10.1 Å². The molecule has 2 atom stereocenters. The second kappa shape index (κ2) is 4.74. The summed E-state index contributed by atoms with van der Waals surface area (Å²) in [6.45, 7) is 7.13. The van der Waals surface area contributed by atoms with Crippen LogP contribution in [-0.4, -0.2) is 29.6 Å². The molecule has 1 heterocycles. The van der Waals surface area contributed by atoms with E-state index in [2.05, 4.69) is 31.0 Å². The van der Waals surface area contributed by atoms with Crippen molar-refractivity contribution in [3.05, 3.63) is 0 Å². The summed E-state index contributed by atoms with van der Waals surface area (Å²) in [4.78, 5) is 14.1. The SMILES string of the molecule is CC(C)C1NCC(=O)N1C(C)C1CCCC1. The lowest BCUT2D eigenvalue weighted by atomic mass is 9.96. The highest BCUT2D eigenvalue weighted by Crippen LogP contribution is 2.32. The summed E-state index contributed by atoms with van der Waals surface area (Å²) < 4.78 is 0. The Bertz CT molecular complexity index is 259. The number of rotatable bonds is 3. The zero-order valence-electron chi connectivity index (χ0n) is 10.7. The molecule has 1 N–H and O–H groups in total. The normalized spacial score (nSPS) is 29.4. The van der Waals surface area contributed by atoms with Crippen molar-refractivity contribution < 1.29 is 4.79 Å². The predicted octanol–water partition coefficient (Wildman–Crippen LogP) is 1.98. The highest BCUT2D eigenvalue weighted by atomic mass is 16.2. The third-order valence-electron chi connectivity index (χ3n) is 4.20. The molecule has 1 saturated carbocycles. The highest BCUT2D eigenvalue weighted by molar-refractivity contribution is 5.81. The first-order valence-electron chi connectivity index (χ1n) is 6.66. The quantitative estimate of drug-likeness (QED) is 0.795. The van der Waals surface area contributed by atoms with Gasteiger partial charge in [-0.1, -0.05) is 26.7 Å². The van der Waals surface area contributed by atoms with E-state index in [-0.39, 0.29) is 12.1 Å². The van der Waals surface area contributed by atoms with Crippen molar-refractivity contribution in [2.45, 2.75) is 58.7 Å². The van der Waals surface area contributed by atoms with Gasteiger partial charge in [0.05, 0.1) is 12.7 Å². The molecule has 3 heteroatoms. The molecule has 2 rings (SSSR count). The van der Waals surface area contributed by atoms with E-state index in [1.807, 2.05) is 0 Å². The Balaban J connectivity index is 2.07. The van der Waals surface area contributed by atoms with Gasteiger partial charge >= 0.3 is 0 Å². The minimum absolute atomic E-state index is 0.253. The number of carbonyl (C=O) groups excluding carboxylic acids is 1. The molecule has 2 unspecified atom stereocenters. The fourth-order valence-corrected chi connectivity index (χ4v) is 3.24. The molecule has 0 spiro atoms. The molecule has 1 saturated heterocycles. The fourth-order valence-electron chi connectivity index (χ4n) is 3.24. The van der Waals surface area contributed by atoms with Gasteiger partial charge < -0.3 is 4.90 Å². The van der Waals surface area contributed by atoms with Crippen molar-refractivity contribution in [3.63, 3.8) is 0 Å². The van der Waals surface area contributed by atoms with Gasteiger partial charge in [-0.15, -0.1) is 0 Å². The highest BCUT2D eigenvalue weighted by Gasteiger charge is 2.38. The van der Waals surface area contributed by atoms with Gasteiger partial charge in [0.1, 0.15) is 0 Å². The Morgan fingerprint density at radius 1 is 1.25 bits per heavy atom. The second-order valence-corrected chi connectivity index (χ2v) is 5.66. The van der Waals surface area contributed by atoms with Crippen LogP contribution in [0.2, 0.25) is 0 Å². The Kier molecular flexibility index (Phi) is 3.53. The fraction of sp³-hybridized carbons (Fsp3) is 0.923. The maximum Gasteiger partial charge on any atom is 0.238 e. The molecule has 0 aromatic rings. The van der Waals surface area contributed by atoms with E-state index in [1.165, 1.54) is 25.7 Å². The van der Waals surface area contributed by atoms with E-state index >= 15 is 0 Å². The standard InChI is InChI=1S/C13H24N2O/c1-9(2)13-14-8-12(16)15(13)10(3)11-6-4-5-7-11/h9-11,13-14H,4-8H2,1-3H3. The summed E-state index contributed by atoms with van der Waals surface area (Å²) in [5, 5.41) is 3.34. The van der Waals surface area contributed by atoms with E-state index in [9.17, 15) is 4.79 Å². The van der Waals surface area contributed by atoms with Crippen molar-refractivity contribution in [2.24, 2.45) is 11.8 Å². The summed E-state index contributed by atoms with van der Waals surface area (Å²) in [6.07, 6.45) is 5.54. The summed E-state index contributed by atoms with van der Waals surface area (Å²) in [7, 11) is 0. The third kappa shape index (κ3) is 2.10. The molecule has 0 bridgehead atoms. The predicted molar refractivity (Wildman–Crippen MR) is 64.9 cm³/mol. The Morgan fingerprint density at radius 2 is 1.88 bits per heavy atom. The van der Waals surface area contributed by atoms with Crippen molar-refractivity contribution in [1.82, 2.24) is 10.2 Å². The van der Waals surface area contributed by atoms with Gasteiger partial charge in [0.15, 0.2) is 0 Å². The minimum atomic E-state index is 0.253.